The van der Waals surface area contributed by atoms with Crippen LogP contribution in [-0.4, -0.2) is 42.6 Å². The number of hydrogen-bond donors (Lipinski definition) is 1. The summed E-state index contributed by atoms with van der Waals surface area (Å²) in [6.07, 6.45) is 0. The zero-order valence-electron chi connectivity index (χ0n) is 8.41. The molecule has 0 aromatic carbocycles. The minimum absolute atomic E-state index is 0.823. The molecule has 0 aromatic rings. The van der Waals surface area contributed by atoms with E-state index in [1.807, 2.05) is 0 Å². The number of fused-ring (bicyclic) bond motifs is 2. The molecule has 0 amide bonds. The van der Waals surface area contributed by atoms with Crippen LogP contribution < -0.4 is 5.73 Å². The maximum atomic E-state index is 5.85. The standard InChI is InChI=1S/C10H20N2S/c1-2-12-4-8-6-13-7-9(5-12)10(8)3-11/h8-10H,2-7,11H2,1H3. The van der Waals surface area contributed by atoms with Crippen molar-refractivity contribution in [3.8, 4) is 0 Å². The summed E-state index contributed by atoms with van der Waals surface area (Å²) in [7, 11) is 0. The van der Waals surface area contributed by atoms with Crippen LogP contribution in [0.1, 0.15) is 6.92 Å². The number of rotatable bonds is 2. The van der Waals surface area contributed by atoms with Gasteiger partial charge in [0.1, 0.15) is 0 Å². The fourth-order valence-corrected chi connectivity index (χ4v) is 4.21. The SMILES string of the molecule is CCN1CC2CSCC(C1)C2CN. The zero-order chi connectivity index (χ0) is 9.26. The van der Waals surface area contributed by atoms with Crippen molar-refractivity contribution in [2.24, 2.45) is 23.5 Å². The van der Waals surface area contributed by atoms with Gasteiger partial charge in [-0.3, -0.25) is 0 Å². The fourth-order valence-electron chi connectivity index (χ4n) is 2.76. The summed E-state index contributed by atoms with van der Waals surface area (Å²) in [5, 5.41) is 0. The number of piperidine rings is 1. The van der Waals surface area contributed by atoms with E-state index in [-0.39, 0.29) is 0 Å². The van der Waals surface area contributed by atoms with Crippen molar-refractivity contribution in [2.45, 2.75) is 6.92 Å². The van der Waals surface area contributed by atoms with E-state index in [0.29, 0.717) is 0 Å². The predicted octanol–water partition coefficient (Wildman–Crippen LogP) is 0.876. The Balaban J connectivity index is 2.03. The van der Waals surface area contributed by atoms with Crippen molar-refractivity contribution in [3.63, 3.8) is 0 Å². The molecule has 2 bridgehead atoms. The van der Waals surface area contributed by atoms with Gasteiger partial charge in [0.2, 0.25) is 0 Å². The Hall–Kier alpha value is 0.270. The zero-order valence-corrected chi connectivity index (χ0v) is 9.22. The molecule has 13 heavy (non-hydrogen) atoms. The van der Waals surface area contributed by atoms with Crippen LogP contribution >= 0.6 is 11.8 Å². The predicted molar refractivity (Wildman–Crippen MR) is 59.0 cm³/mol. The summed E-state index contributed by atoms with van der Waals surface area (Å²) in [6, 6.07) is 0. The summed E-state index contributed by atoms with van der Waals surface area (Å²) in [5.74, 6) is 5.26. The largest absolute Gasteiger partial charge is 0.330 e. The maximum absolute atomic E-state index is 5.85. The lowest BCUT2D eigenvalue weighted by Gasteiger charge is -2.46. The molecular weight excluding hydrogens is 180 g/mol. The minimum Gasteiger partial charge on any atom is -0.330 e. The summed E-state index contributed by atoms with van der Waals surface area (Å²) in [6.45, 7) is 6.98. The van der Waals surface area contributed by atoms with Crippen LogP contribution in [0.25, 0.3) is 0 Å². The van der Waals surface area contributed by atoms with Crippen LogP contribution in [-0.2, 0) is 0 Å². The first-order valence-electron chi connectivity index (χ1n) is 5.35. The molecule has 0 aliphatic carbocycles. The Morgan fingerprint density at radius 1 is 1.31 bits per heavy atom. The lowest BCUT2D eigenvalue weighted by molar-refractivity contribution is 0.0865. The highest BCUT2D eigenvalue weighted by Crippen LogP contribution is 2.37. The van der Waals surface area contributed by atoms with Crippen LogP contribution in [0, 0.1) is 17.8 Å². The number of nitrogens with two attached hydrogens (primary N) is 1. The molecule has 2 fully saturated rings. The van der Waals surface area contributed by atoms with Gasteiger partial charge in [0.05, 0.1) is 0 Å². The van der Waals surface area contributed by atoms with E-state index in [1.54, 1.807) is 0 Å². The quantitative estimate of drug-likeness (QED) is 0.717. The monoisotopic (exact) mass is 200 g/mol. The Bertz CT molecular complexity index is 160. The van der Waals surface area contributed by atoms with Gasteiger partial charge in [0, 0.05) is 13.1 Å². The molecule has 3 heteroatoms. The number of hydrogen-bond acceptors (Lipinski definition) is 3. The van der Waals surface area contributed by atoms with Gasteiger partial charge >= 0.3 is 0 Å². The van der Waals surface area contributed by atoms with E-state index in [2.05, 4.69) is 23.6 Å². The molecular formula is C10H20N2S. The molecule has 0 saturated carbocycles. The Morgan fingerprint density at radius 2 is 1.92 bits per heavy atom. The number of likely N-dealkylation sites (tertiary alicyclic amines) is 1. The second-order valence-electron chi connectivity index (χ2n) is 4.31. The molecule has 2 saturated heterocycles. The normalized spacial score (nSPS) is 40.6. The first kappa shape index (κ1) is 9.81. The average molecular weight is 200 g/mol. The van der Waals surface area contributed by atoms with Gasteiger partial charge in [-0.2, -0.15) is 11.8 Å². The van der Waals surface area contributed by atoms with Crippen molar-refractivity contribution in [1.82, 2.24) is 4.90 Å². The topological polar surface area (TPSA) is 29.3 Å². The van der Waals surface area contributed by atoms with Gasteiger partial charge in [-0.25, -0.2) is 0 Å². The molecule has 2 unspecified atom stereocenters. The fraction of sp³-hybridized carbons (Fsp3) is 1.00. The summed E-state index contributed by atoms with van der Waals surface area (Å²) < 4.78 is 0. The molecule has 2 atom stereocenters. The molecule has 76 valence electrons. The lowest BCUT2D eigenvalue weighted by Crippen LogP contribution is -2.52. The molecule has 2 heterocycles. The molecule has 2 nitrogen and oxygen atoms in total. The highest BCUT2D eigenvalue weighted by Gasteiger charge is 2.38. The highest BCUT2D eigenvalue weighted by molar-refractivity contribution is 7.99. The van der Waals surface area contributed by atoms with Gasteiger partial charge in [0.15, 0.2) is 0 Å². The Labute approximate surface area is 85.2 Å². The van der Waals surface area contributed by atoms with Crippen molar-refractivity contribution >= 4 is 11.8 Å². The van der Waals surface area contributed by atoms with E-state index in [0.717, 1.165) is 24.3 Å². The minimum atomic E-state index is 0.823. The van der Waals surface area contributed by atoms with E-state index in [4.69, 9.17) is 5.73 Å². The van der Waals surface area contributed by atoms with Gasteiger partial charge < -0.3 is 10.6 Å². The summed E-state index contributed by atoms with van der Waals surface area (Å²) in [4.78, 5) is 2.60. The van der Waals surface area contributed by atoms with Crippen molar-refractivity contribution < 1.29 is 0 Å². The molecule has 2 aliphatic heterocycles. The van der Waals surface area contributed by atoms with E-state index >= 15 is 0 Å². The Morgan fingerprint density at radius 3 is 2.38 bits per heavy atom. The third kappa shape index (κ3) is 1.88. The molecule has 2 N–H and O–H groups in total. The van der Waals surface area contributed by atoms with Crippen LogP contribution in [0.15, 0.2) is 0 Å². The van der Waals surface area contributed by atoms with Crippen molar-refractivity contribution in [3.05, 3.63) is 0 Å². The number of nitrogens with zero attached hydrogens (tertiary/aromatic N) is 1. The summed E-state index contributed by atoms with van der Waals surface area (Å²) >= 11 is 2.14. The van der Waals surface area contributed by atoms with Crippen LogP contribution in [0.3, 0.4) is 0 Å². The third-order valence-corrected chi connectivity index (χ3v) is 4.91. The van der Waals surface area contributed by atoms with Gasteiger partial charge in [0.25, 0.3) is 0 Å². The molecule has 0 aromatic heterocycles. The Kier molecular flexibility index (Phi) is 3.17. The maximum Gasteiger partial charge on any atom is 0.00208 e. The highest BCUT2D eigenvalue weighted by atomic mass is 32.2. The first-order chi connectivity index (χ1) is 6.35. The average Bonchev–Trinajstić information content (AvgIpc) is 2.15. The van der Waals surface area contributed by atoms with Crippen LogP contribution in [0.2, 0.25) is 0 Å². The number of thioether (sulfide) groups is 1. The molecule has 2 aliphatic rings. The van der Waals surface area contributed by atoms with Gasteiger partial charge in [-0.05, 0) is 42.3 Å². The van der Waals surface area contributed by atoms with E-state index in [1.165, 1.54) is 31.1 Å². The van der Waals surface area contributed by atoms with Gasteiger partial charge in [-0.1, -0.05) is 6.92 Å². The lowest BCUT2D eigenvalue weighted by atomic mass is 9.79. The van der Waals surface area contributed by atoms with Crippen molar-refractivity contribution in [1.29, 1.82) is 0 Å². The van der Waals surface area contributed by atoms with Crippen LogP contribution in [0.5, 0.6) is 0 Å². The second-order valence-corrected chi connectivity index (χ2v) is 5.38. The molecule has 0 spiro atoms. The molecule has 2 rings (SSSR count). The van der Waals surface area contributed by atoms with Crippen LogP contribution in [0.4, 0.5) is 0 Å². The molecule has 0 radical (unpaired) electrons. The summed E-state index contributed by atoms with van der Waals surface area (Å²) in [5.41, 5.74) is 5.85. The van der Waals surface area contributed by atoms with E-state index in [9.17, 15) is 0 Å². The van der Waals surface area contributed by atoms with Crippen molar-refractivity contribution in [2.75, 3.05) is 37.7 Å². The smallest absolute Gasteiger partial charge is 0.00208 e. The first-order valence-corrected chi connectivity index (χ1v) is 6.50. The third-order valence-electron chi connectivity index (χ3n) is 3.58. The van der Waals surface area contributed by atoms with E-state index < -0.39 is 0 Å². The van der Waals surface area contributed by atoms with Gasteiger partial charge in [-0.15, -0.1) is 0 Å². The second kappa shape index (κ2) is 4.20.